The van der Waals surface area contributed by atoms with Crippen molar-refractivity contribution >= 4 is 12.0 Å². The molecule has 0 saturated heterocycles. The molecule has 2 fully saturated rings. The number of aliphatic hydroxyl groups excluding tert-OH is 1. The number of benzene rings is 1. The minimum absolute atomic E-state index is 0.138. The van der Waals surface area contributed by atoms with Crippen molar-refractivity contribution in [1.29, 1.82) is 0 Å². The maximum Gasteiger partial charge on any atom is 0.244 e. The van der Waals surface area contributed by atoms with Crippen LogP contribution in [0.3, 0.4) is 0 Å². The number of phenolic OH excluding ortho intramolecular Hbond substituents is 2. The van der Waals surface area contributed by atoms with E-state index >= 15 is 0 Å². The van der Waals surface area contributed by atoms with E-state index in [4.69, 9.17) is 0 Å². The molecular formula is C18H23NO4. The summed E-state index contributed by atoms with van der Waals surface area (Å²) in [5.41, 5.74) is 1.01. The van der Waals surface area contributed by atoms with Gasteiger partial charge in [0.1, 0.15) is 0 Å². The molecule has 0 aromatic heterocycles. The van der Waals surface area contributed by atoms with Crippen molar-refractivity contribution in [2.45, 2.75) is 38.2 Å². The second-order valence-corrected chi connectivity index (χ2v) is 6.82. The molecule has 23 heavy (non-hydrogen) atoms. The highest BCUT2D eigenvalue weighted by atomic mass is 16.3. The third-order valence-electron chi connectivity index (χ3n) is 5.26. The Balaban J connectivity index is 1.45. The number of phenols is 2. The van der Waals surface area contributed by atoms with Crippen LogP contribution in [-0.2, 0) is 4.79 Å². The zero-order valence-corrected chi connectivity index (χ0v) is 13.0. The first-order valence-corrected chi connectivity index (χ1v) is 8.14. The molecule has 0 radical (unpaired) electrons. The standard InChI is InChI=1S/C18H23NO4/c20-14-5-7-18(8-6-14)10-13(18)11-19-17(23)4-2-12-1-3-15(21)16(22)9-12/h1-4,9,13-14,20-22H,5-8,10-11H2,(H,19,23)/b4-2+. The van der Waals surface area contributed by atoms with Crippen molar-refractivity contribution < 1.29 is 20.1 Å². The lowest BCUT2D eigenvalue weighted by Crippen LogP contribution is -2.27. The van der Waals surface area contributed by atoms with Gasteiger partial charge in [-0.2, -0.15) is 0 Å². The molecule has 1 unspecified atom stereocenters. The number of rotatable bonds is 4. The number of aliphatic hydroxyl groups is 1. The number of aromatic hydroxyl groups is 2. The molecule has 3 rings (SSSR count). The summed E-state index contributed by atoms with van der Waals surface area (Å²) < 4.78 is 0. The minimum Gasteiger partial charge on any atom is -0.504 e. The molecule has 1 aromatic carbocycles. The van der Waals surface area contributed by atoms with Crippen LogP contribution in [0.4, 0.5) is 0 Å². The Bertz CT molecular complexity index is 617. The van der Waals surface area contributed by atoms with Crippen LogP contribution < -0.4 is 5.32 Å². The number of amides is 1. The molecule has 2 saturated carbocycles. The molecular weight excluding hydrogens is 294 g/mol. The second-order valence-electron chi connectivity index (χ2n) is 6.82. The van der Waals surface area contributed by atoms with Crippen molar-refractivity contribution in [3.63, 3.8) is 0 Å². The van der Waals surface area contributed by atoms with Gasteiger partial charge in [0.2, 0.25) is 5.91 Å². The zero-order chi connectivity index (χ0) is 16.4. The first-order valence-electron chi connectivity index (χ1n) is 8.14. The lowest BCUT2D eigenvalue weighted by molar-refractivity contribution is -0.116. The molecule has 1 spiro atoms. The van der Waals surface area contributed by atoms with Crippen molar-refractivity contribution in [2.75, 3.05) is 6.54 Å². The van der Waals surface area contributed by atoms with E-state index in [2.05, 4.69) is 5.32 Å². The molecule has 1 aromatic rings. The van der Waals surface area contributed by atoms with Crippen LogP contribution in [0.1, 0.15) is 37.7 Å². The largest absolute Gasteiger partial charge is 0.504 e. The zero-order valence-electron chi connectivity index (χ0n) is 13.0. The van der Waals surface area contributed by atoms with Gasteiger partial charge in [-0.25, -0.2) is 0 Å². The van der Waals surface area contributed by atoms with Crippen molar-refractivity contribution in [3.8, 4) is 11.5 Å². The second kappa shape index (κ2) is 6.24. The quantitative estimate of drug-likeness (QED) is 0.506. The minimum atomic E-state index is -0.202. The molecule has 5 heteroatoms. The number of hydrogen-bond donors (Lipinski definition) is 4. The summed E-state index contributed by atoms with van der Waals surface area (Å²) in [7, 11) is 0. The Morgan fingerprint density at radius 3 is 2.70 bits per heavy atom. The molecule has 2 aliphatic rings. The van der Waals surface area contributed by atoms with Crippen LogP contribution in [0.15, 0.2) is 24.3 Å². The molecule has 2 aliphatic carbocycles. The maximum atomic E-state index is 11.9. The number of carbonyl (C=O) groups is 1. The highest BCUT2D eigenvalue weighted by Gasteiger charge is 2.54. The van der Waals surface area contributed by atoms with Gasteiger partial charge < -0.3 is 20.6 Å². The summed E-state index contributed by atoms with van der Waals surface area (Å²) in [5.74, 6) is -0.00396. The average Bonchev–Trinajstić information content (AvgIpc) is 3.22. The van der Waals surface area contributed by atoms with Gasteiger partial charge in [-0.05, 0) is 67.2 Å². The van der Waals surface area contributed by atoms with E-state index < -0.39 is 0 Å². The summed E-state index contributed by atoms with van der Waals surface area (Å²) >= 11 is 0. The van der Waals surface area contributed by atoms with E-state index in [0.29, 0.717) is 23.4 Å². The highest BCUT2D eigenvalue weighted by Crippen LogP contribution is 2.60. The average molecular weight is 317 g/mol. The van der Waals surface area contributed by atoms with Gasteiger partial charge in [-0.1, -0.05) is 6.07 Å². The first kappa shape index (κ1) is 15.9. The number of hydrogen-bond acceptors (Lipinski definition) is 4. The monoisotopic (exact) mass is 317 g/mol. The van der Waals surface area contributed by atoms with E-state index in [1.54, 1.807) is 12.1 Å². The lowest BCUT2D eigenvalue weighted by atomic mass is 9.83. The maximum absolute atomic E-state index is 11.9. The fourth-order valence-electron chi connectivity index (χ4n) is 3.61. The van der Waals surface area contributed by atoms with Crippen LogP contribution in [0.25, 0.3) is 6.08 Å². The van der Waals surface area contributed by atoms with Crippen LogP contribution in [0, 0.1) is 11.3 Å². The third kappa shape index (κ3) is 3.67. The summed E-state index contributed by atoms with van der Waals surface area (Å²) in [6.07, 6.45) is 7.95. The molecule has 5 nitrogen and oxygen atoms in total. The fourth-order valence-corrected chi connectivity index (χ4v) is 3.61. The Morgan fingerprint density at radius 1 is 1.26 bits per heavy atom. The predicted molar refractivity (Wildman–Crippen MR) is 86.8 cm³/mol. The van der Waals surface area contributed by atoms with E-state index in [1.807, 2.05) is 0 Å². The SMILES string of the molecule is O=C(/C=C/c1ccc(O)c(O)c1)NCC1CC12CCC(O)CC2. The molecule has 0 bridgehead atoms. The van der Waals surface area contributed by atoms with Gasteiger partial charge in [-0.15, -0.1) is 0 Å². The van der Waals surface area contributed by atoms with Gasteiger partial charge in [0.05, 0.1) is 6.10 Å². The smallest absolute Gasteiger partial charge is 0.244 e. The Hall–Kier alpha value is -2.01. The van der Waals surface area contributed by atoms with Crippen molar-refractivity contribution in [2.24, 2.45) is 11.3 Å². The van der Waals surface area contributed by atoms with E-state index in [-0.39, 0.29) is 23.5 Å². The van der Waals surface area contributed by atoms with E-state index in [1.165, 1.54) is 18.2 Å². The van der Waals surface area contributed by atoms with Crippen LogP contribution in [0.2, 0.25) is 0 Å². The van der Waals surface area contributed by atoms with Gasteiger partial charge in [0.15, 0.2) is 11.5 Å². The Labute approximate surface area is 135 Å². The molecule has 0 aliphatic heterocycles. The van der Waals surface area contributed by atoms with Crippen LogP contribution in [0.5, 0.6) is 11.5 Å². The molecule has 0 heterocycles. The normalized spacial score (nSPS) is 29.8. The Morgan fingerprint density at radius 2 is 2.00 bits per heavy atom. The van der Waals surface area contributed by atoms with E-state index in [0.717, 1.165) is 32.1 Å². The van der Waals surface area contributed by atoms with Gasteiger partial charge in [-0.3, -0.25) is 4.79 Å². The van der Waals surface area contributed by atoms with Crippen molar-refractivity contribution in [1.82, 2.24) is 5.32 Å². The number of nitrogens with one attached hydrogen (secondary N) is 1. The summed E-state index contributed by atoms with van der Waals surface area (Å²) in [6, 6.07) is 4.42. The molecule has 1 amide bonds. The van der Waals surface area contributed by atoms with Crippen LogP contribution in [-0.4, -0.2) is 33.9 Å². The fraction of sp³-hybridized carbons (Fsp3) is 0.500. The molecule has 1 atom stereocenters. The first-order chi connectivity index (χ1) is 11.0. The third-order valence-corrected chi connectivity index (χ3v) is 5.26. The summed E-state index contributed by atoms with van der Waals surface area (Å²) in [4.78, 5) is 11.9. The topological polar surface area (TPSA) is 89.8 Å². The van der Waals surface area contributed by atoms with Crippen molar-refractivity contribution in [3.05, 3.63) is 29.8 Å². The Kier molecular flexibility index (Phi) is 4.31. The van der Waals surface area contributed by atoms with Gasteiger partial charge >= 0.3 is 0 Å². The van der Waals surface area contributed by atoms with Gasteiger partial charge in [0.25, 0.3) is 0 Å². The molecule has 4 N–H and O–H groups in total. The van der Waals surface area contributed by atoms with Crippen LogP contribution >= 0.6 is 0 Å². The molecule has 124 valence electrons. The lowest BCUT2D eigenvalue weighted by Gasteiger charge is -2.26. The summed E-state index contributed by atoms with van der Waals surface area (Å²) in [5, 5.41) is 31.1. The number of carbonyl (C=O) groups excluding carboxylic acids is 1. The predicted octanol–water partition coefficient (Wildman–Crippen LogP) is 2.17. The highest BCUT2D eigenvalue weighted by molar-refractivity contribution is 5.91. The van der Waals surface area contributed by atoms with Gasteiger partial charge in [0, 0.05) is 12.6 Å². The summed E-state index contributed by atoms with van der Waals surface area (Å²) in [6.45, 7) is 0.681. The van der Waals surface area contributed by atoms with E-state index in [9.17, 15) is 20.1 Å².